The molecule has 7 heteroatoms. The van der Waals surface area contributed by atoms with Crippen molar-refractivity contribution in [3.63, 3.8) is 0 Å². The van der Waals surface area contributed by atoms with Crippen molar-refractivity contribution in [1.29, 1.82) is 0 Å². The summed E-state index contributed by atoms with van der Waals surface area (Å²) in [5.41, 5.74) is 3.60. The smallest absolute Gasteiger partial charge is 0.278 e. The first-order valence-electron chi connectivity index (χ1n) is 6.21. The van der Waals surface area contributed by atoms with Gasteiger partial charge in [0.1, 0.15) is 5.56 Å². The van der Waals surface area contributed by atoms with E-state index in [1.54, 1.807) is 0 Å². The van der Waals surface area contributed by atoms with E-state index in [1.807, 2.05) is 43.3 Å². The van der Waals surface area contributed by atoms with Crippen LogP contribution in [0.25, 0.3) is 0 Å². The number of benzene rings is 1. The summed E-state index contributed by atoms with van der Waals surface area (Å²) in [7, 11) is 3.91. The Morgan fingerprint density at radius 2 is 2.05 bits per heavy atom. The lowest BCUT2D eigenvalue weighted by Gasteiger charge is -2.11. The fourth-order valence-corrected chi connectivity index (χ4v) is 1.59. The van der Waals surface area contributed by atoms with E-state index in [4.69, 9.17) is 0 Å². The molecule has 0 bridgehead atoms. The highest BCUT2D eigenvalue weighted by molar-refractivity contribution is 5.94. The van der Waals surface area contributed by atoms with Gasteiger partial charge in [-0.15, -0.1) is 0 Å². The van der Waals surface area contributed by atoms with Crippen molar-refractivity contribution in [2.75, 3.05) is 19.0 Å². The van der Waals surface area contributed by atoms with Gasteiger partial charge in [-0.2, -0.15) is 5.10 Å². The van der Waals surface area contributed by atoms with Gasteiger partial charge in [-0.1, -0.05) is 12.1 Å². The first kappa shape index (κ1) is 14.4. The highest BCUT2D eigenvalue weighted by atomic mass is 16.2. The molecule has 21 heavy (non-hydrogen) atoms. The van der Waals surface area contributed by atoms with Gasteiger partial charge in [0.25, 0.3) is 11.5 Å². The van der Waals surface area contributed by atoms with Gasteiger partial charge in [-0.3, -0.25) is 9.59 Å². The van der Waals surface area contributed by atoms with Crippen molar-refractivity contribution in [2.45, 2.75) is 0 Å². The third kappa shape index (κ3) is 3.75. The zero-order valence-electron chi connectivity index (χ0n) is 11.7. The third-order valence-electron chi connectivity index (χ3n) is 2.75. The van der Waals surface area contributed by atoms with E-state index in [2.05, 4.69) is 20.5 Å². The van der Waals surface area contributed by atoms with Gasteiger partial charge in [-0.25, -0.2) is 10.4 Å². The zero-order chi connectivity index (χ0) is 15.2. The van der Waals surface area contributed by atoms with Crippen molar-refractivity contribution < 1.29 is 4.79 Å². The molecule has 1 heterocycles. The molecule has 0 aliphatic rings. The summed E-state index contributed by atoms with van der Waals surface area (Å²) in [5, 5.41) is 3.81. The first-order valence-corrected chi connectivity index (χ1v) is 6.21. The van der Waals surface area contributed by atoms with Gasteiger partial charge in [0, 0.05) is 26.0 Å². The summed E-state index contributed by atoms with van der Waals surface area (Å²) in [4.78, 5) is 31.1. The molecule has 0 radical (unpaired) electrons. The average Bonchev–Trinajstić information content (AvgIpc) is 2.48. The molecule has 0 saturated carbocycles. The van der Waals surface area contributed by atoms with Gasteiger partial charge < -0.3 is 9.88 Å². The number of anilines is 1. The van der Waals surface area contributed by atoms with Crippen LogP contribution in [0.1, 0.15) is 15.9 Å². The topological polar surface area (TPSA) is 90.4 Å². The quantitative estimate of drug-likeness (QED) is 0.636. The second kappa shape index (κ2) is 6.47. The van der Waals surface area contributed by atoms with Crippen LogP contribution in [0.4, 0.5) is 5.69 Å². The fraction of sp³-hybridized carbons (Fsp3) is 0.143. The lowest BCUT2D eigenvalue weighted by atomic mass is 10.2. The van der Waals surface area contributed by atoms with Gasteiger partial charge in [0.05, 0.1) is 12.5 Å². The molecule has 0 spiro atoms. The summed E-state index contributed by atoms with van der Waals surface area (Å²) >= 11 is 0. The number of nitrogens with zero attached hydrogens (tertiary/aromatic N) is 3. The molecule has 0 fully saturated rings. The molecular weight excluding hydrogens is 270 g/mol. The Morgan fingerprint density at radius 1 is 1.33 bits per heavy atom. The summed E-state index contributed by atoms with van der Waals surface area (Å²) in [6.07, 6.45) is 3.91. The maximum atomic E-state index is 11.7. The molecular formula is C14H15N5O2. The Morgan fingerprint density at radius 3 is 2.67 bits per heavy atom. The number of hydrogen-bond acceptors (Lipinski definition) is 5. The van der Waals surface area contributed by atoms with Crippen LogP contribution in [0.2, 0.25) is 0 Å². The van der Waals surface area contributed by atoms with Crippen LogP contribution in [0.3, 0.4) is 0 Å². The van der Waals surface area contributed by atoms with Crippen LogP contribution in [0.5, 0.6) is 0 Å². The molecule has 0 atom stereocenters. The summed E-state index contributed by atoms with van der Waals surface area (Å²) in [6, 6.07) is 7.63. The second-order valence-corrected chi connectivity index (χ2v) is 4.48. The molecule has 2 rings (SSSR count). The molecule has 1 aromatic heterocycles. The molecule has 108 valence electrons. The Kier molecular flexibility index (Phi) is 4.45. The number of hydrogen-bond donors (Lipinski definition) is 2. The summed E-state index contributed by atoms with van der Waals surface area (Å²) in [5.74, 6) is -0.606. The highest BCUT2D eigenvalue weighted by Gasteiger charge is 2.08. The van der Waals surface area contributed by atoms with E-state index in [1.165, 1.54) is 18.7 Å². The van der Waals surface area contributed by atoms with Crippen LogP contribution in [0, 0.1) is 0 Å². The van der Waals surface area contributed by atoms with Crippen molar-refractivity contribution in [3.8, 4) is 0 Å². The van der Waals surface area contributed by atoms with E-state index in [0.29, 0.717) is 0 Å². The molecule has 7 nitrogen and oxygen atoms in total. The molecule has 0 unspecified atom stereocenters. The molecule has 0 saturated heterocycles. The summed E-state index contributed by atoms with van der Waals surface area (Å²) in [6.45, 7) is 0. The highest BCUT2D eigenvalue weighted by Crippen LogP contribution is 2.10. The number of amides is 1. The molecule has 2 aromatic rings. The van der Waals surface area contributed by atoms with E-state index < -0.39 is 11.5 Å². The normalized spacial score (nSPS) is 10.6. The predicted octanol–water partition coefficient (Wildman–Crippen LogP) is 0.600. The number of hydrazone groups is 1. The minimum atomic E-state index is -0.606. The standard InChI is InChI=1S/C14H15N5O2/c1-19(2)11-5-3-10(4-6-11)7-17-18-14(21)12-8-15-9-16-13(12)20/h3-9H,1-2H3,(H,18,21)(H,15,16,20)/b17-7+. The lowest BCUT2D eigenvalue weighted by molar-refractivity contribution is 0.0953. The van der Waals surface area contributed by atoms with Crippen molar-refractivity contribution >= 4 is 17.8 Å². The van der Waals surface area contributed by atoms with E-state index >= 15 is 0 Å². The molecule has 2 N–H and O–H groups in total. The number of carbonyl (C=O) groups is 1. The Balaban J connectivity index is 2.01. The third-order valence-corrected chi connectivity index (χ3v) is 2.75. The van der Waals surface area contributed by atoms with Gasteiger partial charge in [-0.05, 0) is 17.7 Å². The van der Waals surface area contributed by atoms with E-state index in [0.717, 1.165) is 11.3 Å². The number of aromatic nitrogens is 2. The SMILES string of the molecule is CN(C)c1ccc(/C=N/NC(=O)c2cnc[nH]c2=O)cc1. The van der Waals surface area contributed by atoms with Gasteiger partial charge in [0.2, 0.25) is 0 Å². The van der Waals surface area contributed by atoms with Crippen molar-refractivity contribution in [2.24, 2.45) is 5.10 Å². The van der Waals surface area contributed by atoms with E-state index in [-0.39, 0.29) is 5.56 Å². The van der Waals surface area contributed by atoms with Crippen LogP contribution in [-0.4, -0.2) is 36.2 Å². The van der Waals surface area contributed by atoms with E-state index in [9.17, 15) is 9.59 Å². The average molecular weight is 285 g/mol. The number of H-pyrrole nitrogens is 1. The second-order valence-electron chi connectivity index (χ2n) is 4.48. The molecule has 0 aliphatic heterocycles. The first-order chi connectivity index (χ1) is 10.1. The van der Waals surface area contributed by atoms with Gasteiger partial charge >= 0.3 is 0 Å². The number of carbonyl (C=O) groups excluding carboxylic acids is 1. The van der Waals surface area contributed by atoms with Crippen LogP contribution >= 0.6 is 0 Å². The van der Waals surface area contributed by atoms with Crippen LogP contribution < -0.4 is 15.9 Å². The lowest BCUT2D eigenvalue weighted by Crippen LogP contribution is -2.26. The Hall–Kier alpha value is -2.96. The maximum Gasteiger partial charge on any atom is 0.278 e. The molecule has 1 aromatic carbocycles. The largest absolute Gasteiger partial charge is 0.378 e. The zero-order valence-corrected chi connectivity index (χ0v) is 11.7. The summed E-state index contributed by atoms with van der Waals surface area (Å²) < 4.78 is 0. The van der Waals surface area contributed by atoms with Crippen LogP contribution in [-0.2, 0) is 0 Å². The number of nitrogens with one attached hydrogen (secondary N) is 2. The maximum absolute atomic E-state index is 11.7. The predicted molar refractivity (Wildman–Crippen MR) is 80.7 cm³/mol. The molecule has 0 aliphatic carbocycles. The monoisotopic (exact) mass is 285 g/mol. The van der Waals surface area contributed by atoms with Crippen molar-refractivity contribution in [1.82, 2.24) is 15.4 Å². The number of rotatable bonds is 4. The van der Waals surface area contributed by atoms with Crippen molar-refractivity contribution in [3.05, 3.63) is 58.3 Å². The van der Waals surface area contributed by atoms with Gasteiger partial charge in [0.15, 0.2) is 0 Å². The molecule has 1 amide bonds. The van der Waals surface area contributed by atoms with Crippen LogP contribution in [0.15, 0.2) is 46.7 Å². The Bertz CT molecular complexity index is 704. The fourth-order valence-electron chi connectivity index (χ4n) is 1.59. The minimum absolute atomic E-state index is 0.0856. The Labute approximate surface area is 121 Å². The minimum Gasteiger partial charge on any atom is -0.378 e. The number of aromatic amines is 1.